The van der Waals surface area contributed by atoms with E-state index in [1.807, 2.05) is 24.3 Å². The van der Waals surface area contributed by atoms with Gasteiger partial charge in [0, 0.05) is 18.2 Å². The molecule has 0 amide bonds. The van der Waals surface area contributed by atoms with Gasteiger partial charge in [-0.25, -0.2) is 0 Å². The van der Waals surface area contributed by atoms with Crippen LogP contribution >= 0.6 is 11.6 Å². The molecule has 2 nitrogen and oxygen atoms in total. The topological polar surface area (TPSA) is 35.2 Å². The Balaban J connectivity index is 1.71. The zero-order chi connectivity index (χ0) is 14.2. The summed E-state index contributed by atoms with van der Waals surface area (Å²) in [7, 11) is 0. The molecule has 0 aromatic heterocycles. The van der Waals surface area contributed by atoms with E-state index in [9.17, 15) is 0 Å². The van der Waals surface area contributed by atoms with Crippen LogP contribution in [0.3, 0.4) is 0 Å². The number of hydrogen-bond donors (Lipinski definition) is 1. The SMILES string of the molecule is NCc1ccc(COCCCc2ccccc2)c(Cl)c1. The number of rotatable bonds is 7. The first-order chi connectivity index (χ1) is 9.79. The highest BCUT2D eigenvalue weighted by Crippen LogP contribution is 2.18. The molecule has 3 heteroatoms. The first-order valence-electron chi connectivity index (χ1n) is 6.88. The highest BCUT2D eigenvalue weighted by molar-refractivity contribution is 6.31. The highest BCUT2D eigenvalue weighted by atomic mass is 35.5. The maximum atomic E-state index is 6.18. The smallest absolute Gasteiger partial charge is 0.0731 e. The van der Waals surface area contributed by atoms with E-state index in [0.717, 1.165) is 35.6 Å². The Kier molecular flexibility index (Phi) is 6.06. The molecular formula is C17H20ClNO. The van der Waals surface area contributed by atoms with E-state index >= 15 is 0 Å². The molecule has 0 heterocycles. The fourth-order valence-electron chi connectivity index (χ4n) is 2.04. The van der Waals surface area contributed by atoms with Crippen LogP contribution in [0.15, 0.2) is 48.5 Å². The predicted octanol–water partition coefficient (Wildman–Crippen LogP) is 3.95. The molecule has 2 rings (SSSR count). The van der Waals surface area contributed by atoms with Crippen molar-refractivity contribution >= 4 is 11.6 Å². The minimum atomic E-state index is 0.512. The third kappa shape index (κ3) is 4.64. The summed E-state index contributed by atoms with van der Waals surface area (Å²) in [6.45, 7) is 1.81. The van der Waals surface area contributed by atoms with E-state index in [4.69, 9.17) is 22.1 Å². The molecule has 20 heavy (non-hydrogen) atoms. The summed E-state index contributed by atoms with van der Waals surface area (Å²) in [5, 5.41) is 0.732. The van der Waals surface area contributed by atoms with Gasteiger partial charge < -0.3 is 10.5 Å². The van der Waals surface area contributed by atoms with Gasteiger partial charge in [0.1, 0.15) is 0 Å². The van der Waals surface area contributed by atoms with Crippen LogP contribution in [-0.2, 0) is 24.3 Å². The Morgan fingerprint density at radius 1 is 1.00 bits per heavy atom. The van der Waals surface area contributed by atoms with E-state index in [1.165, 1.54) is 5.56 Å². The van der Waals surface area contributed by atoms with E-state index in [1.54, 1.807) is 0 Å². The molecule has 0 saturated heterocycles. The van der Waals surface area contributed by atoms with Crippen LogP contribution in [0.25, 0.3) is 0 Å². The lowest BCUT2D eigenvalue weighted by molar-refractivity contribution is 0.119. The molecule has 0 aliphatic heterocycles. The highest BCUT2D eigenvalue weighted by Gasteiger charge is 2.01. The van der Waals surface area contributed by atoms with E-state index in [0.29, 0.717) is 13.2 Å². The quantitative estimate of drug-likeness (QED) is 0.783. The summed E-state index contributed by atoms with van der Waals surface area (Å²) >= 11 is 6.18. The monoisotopic (exact) mass is 289 g/mol. The van der Waals surface area contributed by atoms with Crippen molar-refractivity contribution < 1.29 is 4.74 Å². The van der Waals surface area contributed by atoms with Gasteiger partial charge in [-0.3, -0.25) is 0 Å². The van der Waals surface area contributed by atoms with Crippen molar-refractivity contribution in [2.45, 2.75) is 26.0 Å². The van der Waals surface area contributed by atoms with Gasteiger partial charge in [0.15, 0.2) is 0 Å². The largest absolute Gasteiger partial charge is 0.377 e. The Labute approximate surface area is 125 Å². The molecule has 0 saturated carbocycles. The fourth-order valence-corrected chi connectivity index (χ4v) is 2.30. The lowest BCUT2D eigenvalue weighted by Crippen LogP contribution is -2.00. The fraction of sp³-hybridized carbons (Fsp3) is 0.294. The molecule has 2 N–H and O–H groups in total. The van der Waals surface area contributed by atoms with Crippen LogP contribution in [0.1, 0.15) is 23.1 Å². The second kappa shape index (κ2) is 8.05. The molecular weight excluding hydrogens is 270 g/mol. The van der Waals surface area contributed by atoms with Crippen molar-refractivity contribution in [3.8, 4) is 0 Å². The lowest BCUT2D eigenvalue weighted by Gasteiger charge is -2.08. The van der Waals surface area contributed by atoms with Gasteiger partial charge >= 0.3 is 0 Å². The zero-order valence-electron chi connectivity index (χ0n) is 11.5. The summed E-state index contributed by atoms with van der Waals surface area (Å²) in [6, 6.07) is 16.3. The summed E-state index contributed by atoms with van der Waals surface area (Å²) in [6.07, 6.45) is 2.06. The van der Waals surface area contributed by atoms with Crippen LogP contribution in [0.5, 0.6) is 0 Å². The number of hydrogen-bond acceptors (Lipinski definition) is 2. The number of ether oxygens (including phenoxy) is 1. The molecule has 0 fully saturated rings. The van der Waals surface area contributed by atoms with Crippen LogP contribution in [0, 0.1) is 0 Å². The first-order valence-corrected chi connectivity index (χ1v) is 7.26. The number of nitrogens with two attached hydrogens (primary N) is 1. The molecule has 0 aliphatic carbocycles. The summed E-state index contributed by atoms with van der Waals surface area (Å²) in [4.78, 5) is 0. The van der Waals surface area contributed by atoms with Gasteiger partial charge in [-0.2, -0.15) is 0 Å². The second-order valence-corrected chi connectivity index (χ2v) is 5.18. The van der Waals surface area contributed by atoms with Crippen molar-refractivity contribution in [1.82, 2.24) is 0 Å². The van der Waals surface area contributed by atoms with Crippen LogP contribution in [-0.4, -0.2) is 6.61 Å². The average molecular weight is 290 g/mol. The summed E-state index contributed by atoms with van der Waals surface area (Å²) in [5.41, 5.74) is 8.98. The molecule has 0 bridgehead atoms. The van der Waals surface area contributed by atoms with Crippen molar-refractivity contribution in [1.29, 1.82) is 0 Å². The number of benzene rings is 2. The predicted molar refractivity (Wildman–Crippen MR) is 83.8 cm³/mol. The Bertz CT molecular complexity index is 528. The van der Waals surface area contributed by atoms with Crippen molar-refractivity contribution in [3.05, 3.63) is 70.2 Å². The van der Waals surface area contributed by atoms with Crippen molar-refractivity contribution in [2.24, 2.45) is 5.73 Å². The minimum Gasteiger partial charge on any atom is -0.377 e. The van der Waals surface area contributed by atoms with Crippen LogP contribution in [0.4, 0.5) is 0 Å². The van der Waals surface area contributed by atoms with E-state index in [-0.39, 0.29) is 0 Å². The first kappa shape index (κ1) is 15.0. The van der Waals surface area contributed by atoms with E-state index in [2.05, 4.69) is 24.3 Å². The molecule has 0 radical (unpaired) electrons. The van der Waals surface area contributed by atoms with Crippen molar-refractivity contribution in [2.75, 3.05) is 6.61 Å². The van der Waals surface area contributed by atoms with E-state index < -0.39 is 0 Å². The number of aryl methyl sites for hydroxylation is 1. The molecule has 0 aliphatic rings. The Hall–Kier alpha value is -1.35. The average Bonchev–Trinajstić information content (AvgIpc) is 2.49. The molecule has 106 valence electrons. The standard InChI is InChI=1S/C17H20ClNO/c18-17-11-15(12-19)8-9-16(17)13-20-10-4-7-14-5-2-1-3-6-14/h1-3,5-6,8-9,11H,4,7,10,12-13,19H2. The maximum Gasteiger partial charge on any atom is 0.0731 e. The Morgan fingerprint density at radius 3 is 2.50 bits per heavy atom. The molecule has 0 atom stereocenters. The summed E-state index contributed by atoms with van der Waals surface area (Å²) in [5.74, 6) is 0. The normalized spacial score (nSPS) is 10.7. The Morgan fingerprint density at radius 2 is 1.80 bits per heavy atom. The molecule has 0 spiro atoms. The number of halogens is 1. The third-order valence-corrected chi connectivity index (χ3v) is 3.56. The lowest BCUT2D eigenvalue weighted by atomic mass is 10.1. The third-order valence-electron chi connectivity index (χ3n) is 3.21. The van der Waals surface area contributed by atoms with Gasteiger partial charge in [-0.1, -0.05) is 54.1 Å². The molecule has 2 aromatic carbocycles. The zero-order valence-corrected chi connectivity index (χ0v) is 12.3. The molecule has 0 unspecified atom stereocenters. The van der Waals surface area contributed by atoms with Gasteiger partial charge in [0.25, 0.3) is 0 Å². The molecule has 2 aromatic rings. The maximum absolute atomic E-state index is 6.18. The second-order valence-electron chi connectivity index (χ2n) is 4.77. The van der Waals surface area contributed by atoms with Gasteiger partial charge in [-0.05, 0) is 35.6 Å². The van der Waals surface area contributed by atoms with Crippen LogP contribution < -0.4 is 5.73 Å². The van der Waals surface area contributed by atoms with Crippen LogP contribution in [0.2, 0.25) is 5.02 Å². The van der Waals surface area contributed by atoms with Gasteiger partial charge in [0.05, 0.1) is 6.61 Å². The minimum absolute atomic E-state index is 0.512. The van der Waals surface area contributed by atoms with Gasteiger partial charge in [-0.15, -0.1) is 0 Å². The van der Waals surface area contributed by atoms with Crippen molar-refractivity contribution in [3.63, 3.8) is 0 Å². The summed E-state index contributed by atoms with van der Waals surface area (Å²) < 4.78 is 5.68. The van der Waals surface area contributed by atoms with Gasteiger partial charge in [0.2, 0.25) is 0 Å².